The second-order valence-corrected chi connectivity index (χ2v) is 10.6. The van der Waals surface area contributed by atoms with Crippen LogP contribution in [0.5, 0.6) is 0 Å². The summed E-state index contributed by atoms with van der Waals surface area (Å²) in [5.41, 5.74) is 0.820. The molecule has 9 heteroatoms. The van der Waals surface area contributed by atoms with Crippen molar-refractivity contribution in [1.82, 2.24) is 29.8 Å². The standard InChI is InChI=1S/C27H36N6O3/c1-27(26(36)28-21-11-7-4-8-12-21)19-33-23(25(35)30(27)2)17-22(29-33)24(34)32-15-13-31(14-16-32)18-20-9-5-3-6-10-20/h3,5-6,9-10,17,21H,4,7-8,11-16,18-19H2,1-2H3,(H,28,36)/t27-/m0/s1. The molecule has 2 fully saturated rings. The van der Waals surface area contributed by atoms with Gasteiger partial charge in [0.05, 0.1) is 6.54 Å². The van der Waals surface area contributed by atoms with E-state index >= 15 is 0 Å². The zero-order valence-corrected chi connectivity index (χ0v) is 21.3. The van der Waals surface area contributed by atoms with E-state index in [4.69, 9.17) is 0 Å². The number of hydrogen-bond donors (Lipinski definition) is 1. The van der Waals surface area contributed by atoms with E-state index in [0.29, 0.717) is 18.8 Å². The number of nitrogens with one attached hydrogen (secondary N) is 1. The molecule has 1 atom stereocenters. The minimum atomic E-state index is -1.06. The maximum absolute atomic E-state index is 13.3. The molecule has 0 spiro atoms. The van der Waals surface area contributed by atoms with Crippen LogP contribution in [0, 0.1) is 0 Å². The molecule has 0 radical (unpaired) electrons. The minimum absolute atomic E-state index is 0.156. The van der Waals surface area contributed by atoms with Gasteiger partial charge in [-0.15, -0.1) is 0 Å². The van der Waals surface area contributed by atoms with Gasteiger partial charge in [0.1, 0.15) is 11.2 Å². The summed E-state index contributed by atoms with van der Waals surface area (Å²) in [6.45, 7) is 5.67. The minimum Gasteiger partial charge on any atom is -0.351 e. The summed E-state index contributed by atoms with van der Waals surface area (Å²) in [5.74, 6) is -0.615. The molecule has 1 saturated carbocycles. The van der Waals surface area contributed by atoms with Crippen LogP contribution >= 0.6 is 0 Å². The second-order valence-electron chi connectivity index (χ2n) is 10.6. The molecule has 1 N–H and O–H groups in total. The molecule has 3 amide bonds. The van der Waals surface area contributed by atoms with E-state index in [1.807, 2.05) is 18.2 Å². The number of likely N-dealkylation sites (N-methyl/N-ethyl adjacent to an activating group) is 1. The molecule has 0 unspecified atom stereocenters. The van der Waals surface area contributed by atoms with Crippen molar-refractivity contribution in [2.24, 2.45) is 0 Å². The van der Waals surface area contributed by atoms with Gasteiger partial charge in [0.15, 0.2) is 5.69 Å². The fourth-order valence-corrected chi connectivity index (χ4v) is 5.53. The number of rotatable bonds is 5. The number of hydrogen-bond acceptors (Lipinski definition) is 5. The SMILES string of the molecule is CN1C(=O)c2cc(C(=O)N3CCN(Cc4ccccc4)CC3)nn2C[C@@]1(C)C(=O)NC1CCCCC1. The Morgan fingerprint density at radius 2 is 1.75 bits per heavy atom. The molecule has 1 aromatic carbocycles. The Bertz CT molecular complexity index is 1120. The molecule has 36 heavy (non-hydrogen) atoms. The fraction of sp³-hybridized carbons (Fsp3) is 0.556. The van der Waals surface area contributed by atoms with Gasteiger partial charge in [0.2, 0.25) is 5.91 Å². The summed E-state index contributed by atoms with van der Waals surface area (Å²) in [6.07, 6.45) is 5.39. The van der Waals surface area contributed by atoms with E-state index in [1.165, 1.54) is 16.9 Å². The Morgan fingerprint density at radius 3 is 2.44 bits per heavy atom. The van der Waals surface area contributed by atoms with Crippen molar-refractivity contribution in [3.63, 3.8) is 0 Å². The van der Waals surface area contributed by atoms with Crippen LogP contribution in [0.1, 0.15) is 65.6 Å². The highest BCUT2D eigenvalue weighted by Gasteiger charge is 2.47. The lowest BCUT2D eigenvalue weighted by atomic mass is 9.92. The van der Waals surface area contributed by atoms with Crippen LogP contribution in [-0.2, 0) is 17.9 Å². The fourth-order valence-electron chi connectivity index (χ4n) is 5.53. The topological polar surface area (TPSA) is 90.8 Å². The maximum Gasteiger partial charge on any atom is 0.274 e. The van der Waals surface area contributed by atoms with Crippen molar-refractivity contribution in [2.45, 2.75) is 63.7 Å². The third kappa shape index (κ3) is 4.76. The summed E-state index contributed by atoms with van der Waals surface area (Å²) in [6, 6.07) is 12.1. The lowest BCUT2D eigenvalue weighted by Crippen LogP contribution is -2.63. The first kappa shape index (κ1) is 24.5. The molecular weight excluding hydrogens is 456 g/mol. The van der Waals surface area contributed by atoms with Crippen LogP contribution in [0.25, 0.3) is 0 Å². The Hall–Kier alpha value is -3.20. The van der Waals surface area contributed by atoms with Gasteiger partial charge in [-0.2, -0.15) is 5.10 Å². The molecule has 3 aliphatic rings. The molecule has 5 rings (SSSR count). The molecule has 1 saturated heterocycles. The first-order chi connectivity index (χ1) is 17.3. The van der Waals surface area contributed by atoms with Gasteiger partial charge in [0.25, 0.3) is 11.8 Å². The normalized spacial score (nSPS) is 23.4. The first-order valence-corrected chi connectivity index (χ1v) is 13.1. The summed E-state index contributed by atoms with van der Waals surface area (Å²) in [5, 5.41) is 7.67. The zero-order valence-electron chi connectivity index (χ0n) is 21.3. The molecule has 9 nitrogen and oxygen atoms in total. The monoisotopic (exact) mass is 492 g/mol. The summed E-state index contributed by atoms with van der Waals surface area (Å²) >= 11 is 0. The van der Waals surface area contributed by atoms with Gasteiger partial charge in [0, 0.05) is 51.9 Å². The van der Waals surface area contributed by atoms with E-state index in [0.717, 1.165) is 45.3 Å². The molecule has 3 heterocycles. The molecule has 192 valence electrons. The average molecular weight is 493 g/mol. The first-order valence-electron chi connectivity index (χ1n) is 13.1. The van der Waals surface area contributed by atoms with Crippen molar-refractivity contribution in [3.8, 4) is 0 Å². The summed E-state index contributed by atoms with van der Waals surface area (Å²) in [7, 11) is 1.66. The van der Waals surface area contributed by atoms with Gasteiger partial charge in [-0.05, 0) is 25.3 Å². The van der Waals surface area contributed by atoms with Crippen LogP contribution < -0.4 is 5.32 Å². The van der Waals surface area contributed by atoms with Crippen molar-refractivity contribution < 1.29 is 14.4 Å². The number of benzene rings is 1. The Balaban J connectivity index is 1.24. The van der Waals surface area contributed by atoms with Crippen molar-refractivity contribution in [1.29, 1.82) is 0 Å². The third-order valence-electron chi connectivity index (χ3n) is 8.06. The van der Waals surface area contributed by atoms with Crippen LogP contribution in [-0.4, -0.2) is 87.0 Å². The van der Waals surface area contributed by atoms with E-state index in [9.17, 15) is 14.4 Å². The van der Waals surface area contributed by atoms with Crippen molar-refractivity contribution in [3.05, 3.63) is 53.3 Å². The molecule has 2 aromatic rings. The van der Waals surface area contributed by atoms with E-state index in [2.05, 4.69) is 27.4 Å². The summed E-state index contributed by atoms with van der Waals surface area (Å²) < 4.78 is 1.54. The predicted octanol–water partition coefficient (Wildman–Crippen LogP) is 2.13. The van der Waals surface area contributed by atoms with Crippen LogP contribution in [0.15, 0.2) is 36.4 Å². The smallest absolute Gasteiger partial charge is 0.274 e. The van der Waals surface area contributed by atoms with Gasteiger partial charge in [-0.3, -0.25) is 24.0 Å². The predicted molar refractivity (Wildman–Crippen MR) is 135 cm³/mol. The van der Waals surface area contributed by atoms with Crippen LogP contribution in [0.3, 0.4) is 0 Å². The summed E-state index contributed by atoms with van der Waals surface area (Å²) in [4.78, 5) is 45.4. The number of carbonyl (C=O) groups is 3. The highest BCUT2D eigenvalue weighted by molar-refractivity contribution is 6.01. The second kappa shape index (κ2) is 10.0. The van der Waals surface area contributed by atoms with Gasteiger partial charge < -0.3 is 15.1 Å². The number of nitrogens with zero attached hydrogens (tertiary/aromatic N) is 5. The number of carbonyl (C=O) groups excluding carboxylic acids is 3. The highest BCUT2D eigenvalue weighted by atomic mass is 16.2. The average Bonchev–Trinajstić information content (AvgIpc) is 3.32. The number of aromatic nitrogens is 2. The van der Waals surface area contributed by atoms with Crippen LogP contribution in [0.2, 0.25) is 0 Å². The largest absolute Gasteiger partial charge is 0.351 e. The number of fused-ring (bicyclic) bond motifs is 1. The third-order valence-corrected chi connectivity index (χ3v) is 8.06. The van der Waals surface area contributed by atoms with E-state index in [-0.39, 0.29) is 36.0 Å². The lowest BCUT2D eigenvalue weighted by molar-refractivity contribution is -0.133. The highest BCUT2D eigenvalue weighted by Crippen LogP contribution is 2.27. The lowest BCUT2D eigenvalue weighted by Gasteiger charge is -2.41. The molecular formula is C27H36N6O3. The van der Waals surface area contributed by atoms with Gasteiger partial charge >= 0.3 is 0 Å². The van der Waals surface area contributed by atoms with Crippen molar-refractivity contribution in [2.75, 3.05) is 33.2 Å². The van der Waals surface area contributed by atoms with Crippen molar-refractivity contribution >= 4 is 17.7 Å². The Kier molecular flexibility index (Phi) is 6.83. The number of piperazine rings is 1. The van der Waals surface area contributed by atoms with Gasteiger partial charge in [-0.1, -0.05) is 49.6 Å². The Labute approximate surface area is 212 Å². The Morgan fingerprint density at radius 1 is 1.06 bits per heavy atom. The maximum atomic E-state index is 13.3. The zero-order chi connectivity index (χ0) is 25.3. The quantitative estimate of drug-likeness (QED) is 0.691. The molecule has 2 aliphatic heterocycles. The van der Waals surface area contributed by atoms with E-state index < -0.39 is 5.54 Å². The van der Waals surface area contributed by atoms with Gasteiger partial charge in [-0.25, -0.2) is 0 Å². The molecule has 0 bridgehead atoms. The molecule has 1 aliphatic carbocycles. The van der Waals surface area contributed by atoms with Crippen LogP contribution in [0.4, 0.5) is 0 Å². The van der Waals surface area contributed by atoms with E-state index in [1.54, 1.807) is 29.6 Å². The number of amides is 3. The molecule has 1 aromatic heterocycles.